The van der Waals surface area contributed by atoms with E-state index in [1.165, 1.54) is 25.3 Å². The van der Waals surface area contributed by atoms with Gasteiger partial charge in [-0.3, -0.25) is 0 Å². The quantitative estimate of drug-likeness (QED) is 0.770. The zero-order valence-electron chi connectivity index (χ0n) is 11.3. The minimum atomic E-state index is -1.37. The standard InChI is InChI=1S/C12H28O2Si2/c1-15(2)14-16(3,4)10-9-11-5-7-12(13)8-6-11/h11-13,15H,5-10H2,1-4H3. The molecule has 0 aliphatic heterocycles. The van der Waals surface area contributed by atoms with Crippen molar-refractivity contribution in [2.75, 3.05) is 0 Å². The summed E-state index contributed by atoms with van der Waals surface area (Å²) in [7, 11) is -2.23. The fourth-order valence-electron chi connectivity index (χ4n) is 2.68. The first-order chi connectivity index (χ1) is 7.39. The highest BCUT2D eigenvalue weighted by molar-refractivity contribution is 6.77. The molecule has 1 rings (SSSR count). The van der Waals surface area contributed by atoms with Crippen LogP contribution in [-0.4, -0.2) is 28.6 Å². The van der Waals surface area contributed by atoms with E-state index in [0.717, 1.165) is 18.8 Å². The zero-order valence-corrected chi connectivity index (χ0v) is 13.5. The van der Waals surface area contributed by atoms with Gasteiger partial charge in [0.05, 0.1) is 6.10 Å². The van der Waals surface area contributed by atoms with Gasteiger partial charge in [0, 0.05) is 0 Å². The molecule has 0 aromatic heterocycles. The van der Waals surface area contributed by atoms with E-state index in [1.54, 1.807) is 0 Å². The first-order valence-electron chi connectivity index (χ1n) is 6.75. The summed E-state index contributed by atoms with van der Waals surface area (Å²) in [5, 5.41) is 9.46. The van der Waals surface area contributed by atoms with Crippen molar-refractivity contribution < 1.29 is 9.22 Å². The molecule has 16 heavy (non-hydrogen) atoms. The van der Waals surface area contributed by atoms with E-state index in [0.29, 0.717) is 0 Å². The Labute approximate surface area is 103 Å². The molecule has 1 fully saturated rings. The lowest BCUT2D eigenvalue weighted by molar-refractivity contribution is 0.107. The van der Waals surface area contributed by atoms with Gasteiger partial charge in [0.25, 0.3) is 0 Å². The molecule has 2 nitrogen and oxygen atoms in total. The van der Waals surface area contributed by atoms with E-state index in [-0.39, 0.29) is 6.10 Å². The van der Waals surface area contributed by atoms with Gasteiger partial charge in [0.2, 0.25) is 0 Å². The maximum absolute atomic E-state index is 9.46. The van der Waals surface area contributed by atoms with E-state index in [1.807, 2.05) is 0 Å². The Morgan fingerprint density at radius 1 is 1.19 bits per heavy atom. The van der Waals surface area contributed by atoms with Crippen molar-refractivity contribution in [1.82, 2.24) is 0 Å². The second-order valence-electron chi connectivity index (χ2n) is 6.14. The Morgan fingerprint density at radius 3 is 2.25 bits per heavy atom. The van der Waals surface area contributed by atoms with Crippen LogP contribution in [0.5, 0.6) is 0 Å². The summed E-state index contributed by atoms with van der Waals surface area (Å²) in [4.78, 5) is 0. The van der Waals surface area contributed by atoms with Crippen LogP contribution in [0.25, 0.3) is 0 Å². The maximum atomic E-state index is 9.46. The van der Waals surface area contributed by atoms with Crippen molar-refractivity contribution in [2.24, 2.45) is 5.92 Å². The molecule has 1 aliphatic carbocycles. The summed E-state index contributed by atoms with van der Waals surface area (Å²) in [6.45, 7) is 9.26. The van der Waals surface area contributed by atoms with Gasteiger partial charge < -0.3 is 9.22 Å². The summed E-state index contributed by atoms with van der Waals surface area (Å²) < 4.78 is 6.18. The van der Waals surface area contributed by atoms with Crippen LogP contribution in [0.4, 0.5) is 0 Å². The van der Waals surface area contributed by atoms with Gasteiger partial charge in [-0.05, 0) is 63.8 Å². The Balaban J connectivity index is 2.23. The fraction of sp³-hybridized carbons (Fsp3) is 1.00. The van der Waals surface area contributed by atoms with E-state index >= 15 is 0 Å². The number of hydrogen-bond donors (Lipinski definition) is 1. The molecule has 1 N–H and O–H groups in total. The van der Waals surface area contributed by atoms with E-state index in [9.17, 15) is 5.11 Å². The maximum Gasteiger partial charge on any atom is 0.173 e. The van der Waals surface area contributed by atoms with E-state index in [4.69, 9.17) is 4.12 Å². The molecule has 0 unspecified atom stereocenters. The molecule has 0 atom stereocenters. The lowest BCUT2D eigenvalue weighted by Gasteiger charge is -2.30. The Bertz CT molecular complexity index is 199. The van der Waals surface area contributed by atoms with Crippen LogP contribution in [0.2, 0.25) is 32.2 Å². The van der Waals surface area contributed by atoms with Gasteiger partial charge in [-0.15, -0.1) is 0 Å². The highest BCUT2D eigenvalue weighted by Crippen LogP contribution is 2.30. The van der Waals surface area contributed by atoms with Crippen LogP contribution >= 0.6 is 0 Å². The predicted molar refractivity (Wildman–Crippen MR) is 74.8 cm³/mol. The van der Waals surface area contributed by atoms with Crippen LogP contribution in [-0.2, 0) is 4.12 Å². The minimum Gasteiger partial charge on any atom is -0.458 e. The zero-order chi connectivity index (χ0) is 12.2. The van der Waals surface area contributed by atoms with Crippen LogP contribution in [0.1, 0.15) is 32.1 Å². The molecule has 0 spiro atoms. The number of hydrogen-bond acceptors (Lipinski definition) is 2. The molecule has 0 radical (unpaired) electrons. The second kappa shape index (κ2) is 6.33. The van der Waals surface area contributed by atoms with Crippen molar-refractivity contribution in [1.29, 1.82) is 0 Å². The summed E-state index contributed by atoms with van der Waals surface area (Å²) in [6.07, 6.45) is 5.81. The molecule has 1 aliphatic rings. The second-order valence-corrected chi connectivity index (χ2v) is 13.2. The van der Waals surface area contributed by atoms with Crippen molar-refractivity contribution >= 4 is 17.4 Å². The first kappa shape index (κ1) is 14.4. The molecule has 1 saturated carbocycles. The number of aliphatic hydroxyl groups is 1. The Morgan fingerprint density at radius 2 is 1.75 bits per heavy atom. The first-order valence-corrected chi connectivity index (χ1v) is 12.6. The smallest absolute Gasteiger partial charge is 0.173 e. The Kier molecular flexibility index (Phi) is 5.70. The number of rotatable bonds is 5. The van der Waals surface area contributed by atoms with Crippen LogP contribution in [0.15, 0.2) is 0 Å². The van der Waals surface area contributed by atoms with Crippen molar-refractivity contribution in [3.8, 4) is 0 Å². The topological polar surface area (TPSA) is 29.5 Å². The van der Waals surface area contributed by atoms with E-state index in [2.05, 4.69) is 26.2 Å². The summed E-state index contributed by atoms with van der Waals surface area (Å²) in [5.74, 6) is 0.854. The van der Waals surface area contributed by atoms with Crippen molar-refractivity contribution in [3.63, 3.8) is 0 Å². The summed E-state index contributed by atoms with van der Waals surface area (Å²) in [5.41, 5.74) is 0. The van der Waals surface area contributed by atoms with Crippen molar-refractivity contribution in [3.05, 3.63) is 0 Å². The van der Waals surface area contributed by atoms with Gasteiger partial charge >= 0.3 is 0 Å². The lowest BCUT2D eigenvalue weighted by atomic mass is 9.86. The molecule has 0 bridgehead atoms. The normalized spacial score (nSPS) is 27.4. The summed E-state index contributed by atoms with van der Waals surface area (Å²) in [6, 6.07) is 1.30. The van der Waals surface area contributed by atoms with Crippen LogP contribution in [0.3, 0.4) is 0 Å². The molecular formula is C12H28O2Si2. The van der Waals surface area contributed by atoms with Crippen LogP contribution < -0.4 is 0 Å². The highest BCUT2D eigenvalue weighted by Gasteiger charge is 2.26. The average Bonchev–Trinajstić information content (AvgIpc) is 2.15. The molecule has 0 aromatic rings. The molecule has 0 saturated heterocycles. The van der Waals surface area contributed by atoms with Gasteiger partial charge in [0.1, 0.15) is 0 Å². The third kappa shape index (κ3) is 5.61. The van der Waals surface area contributed by atoms with Crippen LogP contribution in [0, 0.1) is 5.92 Å². The van der Waals surface area contributed by atoms with Gasteiger partial charge in [-0.1, -0.05) is 6.42 Å². The third-order valence-electron chi connectivity index (χ3n) is 3.53. The minimum absolute atomic E-state index is 0.0131. The Hall–Kier alpha value is 0.354. The molecule has 0 amide bonds. The largest absolute Gasteiger partial charge is 0.458 e. The molecule has 4 heteroatoms. The fourth-order valence-corrected chi connectivity index (χ4v) is 9.36. The van der Waals surface area contributed by atoms with Gasteiger partial charge in [-0.25, -0.2) is 0 Å². The molecule has 96 valence electrons. The van der Waals surface area contributed by atoms with Gasteiger partial charge in [0.15, 0.2) is 17.4 Å². The molecular weight excluding hydrogens is 232 g/mol. The summed E-state index contributed by atoms with van der Waals surface area (Å²) >= 11 is 0. The van der Waals surface area contributed by atoms with Crippen molar-refractivity contribution in [2.45, 2.75) is 70.4 Å². The van der Waals surface area contributed by atoms with E-state index < -0.39 is 17.4 Å². The SMILES string of the molecule is C[SiH](C)O[Si](C)(C)CCC1CCC(O)CC1. The third-order valence-corrected chi connectivity index (χ3v) is 9.46. The van der Waals surface area contributed by atoms with Gasteiger partial charge in [-0.2, -0.15) is 0 Å². The molecule has 0 aromatic carbocycles. The lowest BCUT2D eigenvalue weighted by Crippen LogP contribution is -2.35. The monoisotopic (exact) mass is 260 g/mol. The predicted octanol–water partition coefficient (Wildman–Crippen LogP) is 3.13. The number of aliphatic hydroxyl groups excluding tert-OH is 1. The average molecular weight is 261 g/mol. The molecule has 0 heterocycles. The highest BCUT2D eigenvalue weighted by atomic mass is 28.4.